The highest BCUT2D eigenvalue weighted by Crippen LogP contribution is 2.17. The van der Waals surface area contributed by atoms with Crippen LogP contribution in [0.15, 0.2) is 40.3 Å². The van der Waals surface area contributed by atoms with Crippen molar-refractivity contribution in [1.29, 1.82) is 0 Å². The van der Waals surface area contributed by atoms with E-state index in [2.05, 4.69) is 15.9 Å². The van der Waals surface area contributed by atoms with Crippen LogP contribution in [0.1, 0.15) is 0 Å². The Bertz CT molecular complexity index is 273. The fourth-order valence-corrected chi connectivity index (χ4v) is 1.19. The lowest BCUT2D eigenvalue weighted by molar-refractivity contribution is 0.363. The number of ether oxygens (including phenoxy) is 1. The van der Waals surface area contributed by atoms with E-state index < -0.39 is 0 Å². The Morgan fingerprint density at radius 2 is 2.33 bits per heavy atom. The lowest BCUT2D eigenvalue weighted by atomic mass is 10.3. The van der Waals surface area contributed by atoms with E-state index in [-0.39, 0.29) is 0 Å². The van der Waals surface area contributed by atoms with Crippen LogP contribution in [0.4, 0.5) is 0 Å². The third-order valence-electron chi connectivity index (χ3n) is 1.23. The van der Waals surface area contributed by atoms with Crippen LogP contribution >= 0.6 is 27.5 Å². The summed E-state index contributed by atoms with van der Waals surface area (Å²) in [7, 11) is 0. The first-order valence-electron chi connectivity index (χ1n) is 3.46. The van der Waals surface area contributed by atoms with Gasteiger partial charge in [-0.05, 0) is 24.3 Å². The van der Waals surface area contributed by atoms with Crippen molar-refractivity contribution in [3.05, 3.63) is 40.3 Å². The molecule has 0 aliphatic heterocycles. The molecule has 0 amide bonds. The van der Waals surface area contributed by atoms with Crippen molar-refractivity contribution in [2.45, 2.75) is 0 Å². The fraction of sp³-hybridized carbons (Fsp3) is 0.111. The lowest BCUT2D eigenvalue weighted by Crippen LogP contribution is -1.92. The summed E-state index contributed by atoms with van der Waals surface area (Å²) in [5, 5.41) is 0. The minimum atomic E-state index is 0.500. The molecule has 0 radical (unpaired) electrons. The van der Waals surface area contributed by atoms with Crippen molar-refractivity contribution in [2.24, 2.45) is 0 Å². The van der Waals surface area contributed by atoms with Gasteiger partial charge in [-0.15, -0.1) is 0 Å². The summed E-state index contributed by atoms with van der Waals surface area (Å²) in [5.74, 6) is 0.833. The second-order valence-electron chi connectivity index (χ2n) is 2.13. The van der Waals surface area contributed by atoms with Crippen LogP contribution in [0.3, 0.4) is 0 Å². The third-order valence-corrected chi connectivity index (χ3v) is 1.90. The maximum Gasteiger partial charge on any atom is 0.120 e. The maximum absolute atomic E-state index is 5.33. The van der Waals surface area contributed by atoms with Crippen LogP contribution in [-0.2, 0) is 0 Å². The zero-order valence-corrected chi connectivity index (χ0v) is 8.68. The molecule has 0 saturated heterocycles. The normalized spacial score (nSPS) is 10.5. The largest absolute Gasteiger partial charge is 0.489 e. The van der Waals surface area contributed by atoms with Crippen molar-refractivity contribution >= 4 is 27.5 Å². The van der Waals surface area contributed by atoms with Gasteiger partial charge in [0.25, 0.3) is 0 Å². The van der Waals surface area contributed by atoms with Gasteiger partial charge < -0.3 is 4.74 Å². The van der Waals surface area contributed by atoms with Crippen molar-refractivity contribution in [1.82, 2.24) is 0 Å². The highest BCUT2D eigenvalue weighted by Gasteiger charge is 1.91. The standard InChI is InChI=1S/C9H8BrClO/c10-8-3-1-4-9(7-8)12-6-2-5-11/h1-5,7H,6H2/b5-2+. The number of halogens is 2. The second kappa shape index (κ2) is 5.22. The Kier molecular flexibility index (Phi) is 4.19. The molecule has 0 bridgehead atoms. The van der Waals surface area contributed by atoms with Crippen LogP contribution in [0, 0.1) is 0 Å². The molecule has 0 fully saturated rings. The molecule has 12 heavy (non-hydrogen) atoms. The summed E-state index contributed by atoms with van der Waals surface area (Å²) < 4.78 is 6.34. The molecule has 1 nitrogen and oxygen atoms in total. The van der Waals surface area contributed by atoms with Gasteiger partial charge in [0.05, 0.1) is 0 Å². The maximum atomic E-state index is 5.33. The molecule has 0 saturated carbocycles. The molecule has 64 valence electrons. The first kappa shape index (κ1) is 9.62. The van der Waals surface area contributed by atoms with E-state index in [0.29, 0.717) is 6.61 Å². The van der Waals surface area contributed by atoms with Crippen molar-refractivity contribution in [2.75, 3.05) is 6.61 Å². The second-order valence-corrected chi connectivity index (χ2v) is 3.30. The van der Waals surface area contributed by atoms with Crippen LogP contribution in [0.2, 0.25) is 0 Å². The zero-order valence-electron chi connectivity index (χ0n) is 6.34. The number of hydrogen-bond donors (Lipinski definition) is 0. The average Bonchev–Trinajstić information content (AvgIpc) is 2.05. The van der Waals surface area contributed by atoms with E-state index in [0.717, 1.165) is 10.2 Å². The van der Waals surface area contributed by atoms with E-state index in [1.165, 1.54) is 5.54 Å². The Balaban J connectivity index is 2.52. The number of hydrogen-bond acceptors (Lipinski definition) is 1. The monoisotopic (exact) mass is 246 g/mol. The Morgan fingerprint density at radius 3 is 3.00 bits per heavy atom. The predicted molar refractivity (Wildman–Crippen MR) is 54.6 cm³/mol. The topological polar surface area (TPSA) is 9.23 Å². The summed E-state index contributed by atoms with van der Waals surface area (Å²) in [4.78, 5) is 0. The van der Waals surface area contributed by atoms with E-state index in [4.69, 9.17) is 16.3 Å². The smallest absolute Gasteiger partial charge is 0.120 e. The summed E-state index contributed by atoms with van der Waals surface area (Å²) in [6, 6.07) is 7.67. The van der Waals surface area contributed by atoms with E-state index >= 15 is 0 Å². The highest BCUT2D eigenvalue weighted by atomic mass is 79.9. The Labute approximate surface area is 85.1 Å². The summed E-state index contributed by atoms with van der Waals surface area (Å²) in [5.41, 5.74) is 1.44. The molecule has 0 spiro atoms. The zero-order chi connectivity index (χ0) is 8.81. The predicted octanol–water partition coefficient (Wildman–Crippen LogP) is 3.58. The van der Waals surface area contributed by atoms with Gasteiger partial charge in [0.2, 0.25) is 0 Å². The molecule has 0 aliphatic carbocycles. The molecule has 1 aromatic rings. The van der Waals surface area contributed by atoms with Gasteiger partial charge >= 0.3 is 0 Å². The Hall–Kier alpha value is -0.470. The summed E-state index contributed by atoms with van der Waals surface area (Å²) in [6.45, 7) is 0.500. The van der Waals surface area contributed by atoms with Crippen molar-refractivity contribution < 1.29 is 4.74 Å². The van der Waals surface area contributed by atoms with Gasteiger partial charge in [-0.1, -0.05) is 33.6 Å². The van der Waals surface area contributed by atoms with Gasteiger partial charge in [0, 0.05) is 10.0 Å². The number of benzene rings is 1. The van der Waals surface area contributed by atoms with Gasteiger partial charge in [-0.2, -0.15) is 0 Å². The first-order valence-corrected chi connectivity index (χ1v) is 4.69. The van der Waals surface area contributed by atoms with E-state index in [1.807, 2.05) is 24.3 Å². The molecule has 0 aliphatic rings. The molecule has 0 atom stereocenters. The minimum Gasteiger partial charge on any atom is -0.489 e. The van der Waals surface area contributed by atoms with E-state index in [9.17, 15) is 0 Å². The van der Waals surface area contributed by atoms with E-state index in [1.54, 1.807) is 6.08 Å². The van der Waals surface area contributed by atoms with Crippen LogP contribution < -0.4 is 4.74 Å². The van der Waals surface area contributed by atoms with Crippen LogP contribution in [0.25, 0.3) is 0 Å². The van der Waals surface area contributed by atoms with Gasteiger partial charge in [-0.25, -0.2) is 0 Å². The van der Waals surface area contributed by atoms with Gasteiger partial charge in [0.1, 0.15) is 12.4 Å². The van der Waals surface area contributed by atoms with Crippen LogP contribution in [-0.4, -0.2) is 6.61 Å². The molecule has 0 N–H and O–H groups in total. The quantitative estimate of drug-likeness (QED) is 0.793. The average molecular weight is 248 g/mol. The summed E-state index contributed by atoms with van der Waals surface area (Å²) in [6.07, 6.45) is 1.74. The fourth-order valence-electron chi connectivity index (χ4n) is 0.737. The molecule has 1 rings (SSSR count). The molecule has 0 heterocycles. The molecular weight excluding hydrogens is 239 g/mol. The van der Waals surface area contributed by atoms with Crippen molar-refractivity contribution in [3.63, 3.8) is 0 Å². The SMILES string of the molecule is Cl/C=C/COc1cccc(Br)c1. The van der Waals surface area contributed by atoms with Crippen LogP contribution in [0.5, 0.6) is 5.75 Å². The highest BCUT2D eigenvalue weighted by molar-refractivity contribution is 9.10. The molecular formula is C9H8BrClO. The first-order chi connectivity index (χ1) is 5.83. The minimum absolute atomic E-state index is 0.500. The molecule has 0 unspecified atom stereocenters. The van der Waals surface area contributed by atoms with Gasteiger partial charge in [-0.3, -0.25) is 0 Å². The summed E-state index contributed by atoms with van der Waals surface area (Å²) >= 11 is 8.68. The molecule has 1 aromatic carbocycles. The molecule has 3 heteroatoms. The number of rotatable bonds is 3. The van der Waals surface area contributed by atoms with Crippen molar-refractivity contribution in [3.8, 4) is 5.75 Å². The molecule has 0 aromatic heterocycles. The lowest BCUT2D eigenvalue weighted by Gasteiger charge is -2.01. The Morgan fingerprint density at radius 1 is 1.50 bits per heavy atom. The third kappa shape index (κ3) is 3.28. The van der Waals surface area contributed by atoms with Gasteiger partial charge in [0.15, 0.2) is 0 Å².